The predicted molar refractivity (Wildman–Crippen MR) is 164 cm³/mol. The van der Waals surface area contributed by atoms with Crippen LogP contribution < -0.4 is 0 Å². The topological polar surface area (TPSA) is 0 Å². The highest BCUT2D eigenvalue weighted by atomic mass is 32.1. The maximum Gasteiger partial charge on any atom is 0.0434 e. The number of hydrogen-bond donors (Lipinski definition) is 0. The van der Waals surface area contributed by atoms with E-state index < -0.39 is 0 Å². The van der Waals surface area contributed by atoms with E-state index >= 15 is 0 Å². The Morgan fingerprint density at radius 1 is 0.395 bits per heavy atom. The van der Waals surface area contributed by atoms with Crippen LogP contribution in [0.4, 0.5) is 0 Å². The molecule has 178 valence electrons. The number of fused-ring (bicyclic) bond motifs is 6. The lowest BCUT2D eigenvalue weighted by molar-refractivity contribution is 1.26. The molecule has 0 aliphatic heterocycles. The zero-order valence-corrected chi connectivity index (χ0v) is 21.6. The third-order valence-electron chi connectivity index (χ3n) is 7.89. The van der Waals surface area contributed by atoms with Gasteiger partial charge in [-0.1, -0.05) is 109 Å². The fraction of sp³-hybridized carbons (Fsp3) is 0.0270. The van der Waals surface area contributed by atoms with E-state index in [0.717, 1.165) is 6.42 Å². The summed E-state index contributed by atoms with van der Waals surface area (Å²) >= 11 is 1.91. The zero-order chi connectivity index (χ0) is 25.1. The summed E-state index contributed by atoms with van der Waals surface area (Å²) in [6, 6.07) is 49.1. The Morgan fingerprint density at radius 2 is 1.05 bits per heavy atom. The molecule has 0 radical (unpaired) electrons. The van der Waals surface area contributed by atoms with Gasteiger partial charge in [0, 0.05) is 25.7 Å². The van der Waals surface area contributed by atoms with E-state index in [0.29, 0.717) is 0 Å². The van der Waals surface area contributed by atoms with Crippen molar-refractivity contribution < 1.29 is 0 Å². The van der Waals surface area contributed by atoms with Crippen LogP contribution in [0.1, 0.15) is 11.1 Å². The quantitative estimate of drug-likeness (QED) is 0.226. The van der Waals surface area contributed by atoms with Crippen LogP contribution in [0.5, 0.6) is 0 Å². The van der Waals surface area contributed by atoms with Gasteiger partial charge in [0.1, 0.15) is 0 Å². The average Bonchev–Trinajstić information content (AvgIpc) is 3.55. The molecule has 0 N–H and O–H groups in total. The molecule has 7 aromatic rings. The molecule has 0 nitrogen and oxygen atoms in total. The molecular formula is C37H24S. The van der Waals surface area contributed by atoms with Gasteiger partial charge < -0.3 is 0 Å². The minimum Gasteiger partial charge on any atom is -0.135 e. The van der Waals surface area contributed by atoms with E-state index in [1.54, 1.807) is 0 Å². The SMILES string of the molecule is c1ccc(-c2ccc3sc4c(-c5ccc6c(c5)Cc5ccccc5-6)cc(-c5ccccc5)cc4c3c2)cc1. The first-order valence-electron chi connectivity index (χ1n) is 13.1. The van der Waals surface area contributed by atoms with Gasteiger partial charge in [-0.2, -0.15) is 0 Å². The van der Waals surface area contributed by atoms with Crippen molar-refractivity contribution in [1.29, 1.82) is 0 Å². The lowest BCUT2D eigenvalue weighted by Crippen LogP contribution is -1.86. The fourth-order valence-corrected chi connectivity index (χ4v) is 7.21. The molecular weight excluding hydrogens is 476 g/mol. The van der Waals surface area contributed by atoms with Crippen LogP contribution in [0, 0.1) is 0 Å². The summed E-state index contributed by atoms with van der Waals surface area (Å²) in [6.45, 7) is 0. The van der Waals surface area contributed by atoms with Gasteiger partial charge >= 0.3 is 0 Å². The Balaban J connectivity index is 1.37. The van der Waals surface area contributed by atoms with Crippen LogP contribution >= 0.6 is 11.3 Å². The van der Waals surface area contributed by atoms with Gasteiger partial charge in [0.25, 0.3) is 0 Å². The maximum atomic E-state index is 2.43. The lowest BCUT2D eigenvalue weighted by atomic mass is 9.93. The first-order valence-corrected chi connectivity index (χ1v) is 14.0. The average molecular weight is 501 g/mol. The second-order valence-electron chi connectivity index (χ2n) is 10.2. The van der Waals surface area contributed by atoms with Crippen molar-refractivity contribution in [2.45, 2.75) is 6.42 Å². The standard InChI is InChI=1S/C37H24S/c1-3-9-24(10-4-1)26-16-18-36-34(21-26)35-23-29(25-11-5-2-6-12-25)22-33(37(35)38-36)28-15-17-32-30(20-28)19-27-13-7-8-14-31(27)32/h1-18,20-23H,19H2. The summed E-state index contributed by atoms with van der Waals surface area (Å²) < 4.78 is 2.69. The minimum absolute atomic E-state index is 1.01. The molecule has 1 aliphatic rings. The van der Waals surface area contributed by atoms with Gasteiger partial charge in [-0.05, 0) is 80.8 Å². The van der Waals surface area contributed by atoms with E-state index in [-0.39, 0.29) is 0 Å². The Hall–Kier alpha value is -4.46. The Kier molecular flexibility index (Phi) is 4.86. The van der Waals surface area contributed by atoms with E-state index in [1.807, 2.05) is 11.3 Å². The number of thiophene rings is 1. The third-order valence-corrected chi connectivity index (χ3v) is 9.11. The molecule has 38 heavy (non-hydrogen) atoms. The molecule has 6 aromatic carbocycles. The van der Waals surface area contributed by atoms with Crippen molar-refractivity contribution in [2.24, 2.45) is 0 Å². The summed E-state index contributed by atoms with van der Waals surface area (Å²) in [5, 5.41) is 2.67. The normalized spacial score (nSPS) is 12.1. The molecule has 1 heteroatoms. The third kappa shape index (κ3) is 3.44. The van der Waals surface area contributed by atoms with Crippen LogP contribution in [0.2, 0.25) is 0 Å². The summed E-state index contributed by atoms with van der Waals surface area (Å²) in [4.78, 5) is 0. The van der Waals surface area contributed by atoms with E-state index in [9.17, 15) is 0 Å². The molecule has 0 saturated heterocycles. The lowest BCUT2D eigenvalue weighted by Gasteiger charge is -2.11. The van der Waals surface area contributed by atoms with Crippen molar-refractivity contribution in [3.63, 3.8) is 0 Å². The molecule has 0 fully saturated rings. The number of rotatable bonds is 3. The summed E-state index contributed by atoms with van der Waals surface area (Å²) in [6.07, 6.45) is 1.01. The molecule has 0 bridgehead atoms. The van der Waals surface area contributed by atoms with Gasteiger partial charge in [0.05, 0.1) is 0 Å². The Labute approximate surface area is 226 Å². The minimum atomic E-state index is 1.01. The van der Waals surface area contributed by atoms with Crippen molar-refractivity contribution in [1.82, 2.24) is 0 Å². The molecule has 0 atom stereocenters. The number of benzene rings is 6. The van der Waals surface area contributed by atoms with Gasteiger partial charge in [-0.3, -0.25) is 0 Å². The van der Waals surface area contributed by atoms with Crippen LogP contribution in [0.25, 0.3) is 64.7 Å². The van der Waals surface area contributed by atoms with Crippen LogP contribution in [-0.4, -0.2) is 0 Å². The van der Waals surface area contributed by atoms with Crippen molar-refractivity contribution >= 4 is 31.5 Å². The Bertz CT molecular complexity index is 1980. The molecule has 1 aromatic heterocycles. The van der Waals surface area contributed by atoms with Gasteiger partial charge in [0.2, 0.25) is 0 Å². The van der Waals surface area contributed by atoms with Gasteiger partial charge in [0.15, 0.2) is 0 Å². The van der Waals surface area contributed by atoms with Crippen LogP contribution in [-0.2, 0) is 6.42 Å². The molecule has 0 unspecified atom stereocenters. The summed E-state index contributed by atoms with van der Waals surface area (Å²) in [5.41, 5.74) is 13.3. The second-order valence-corrected chi connectivity index (χ2v) is 11.2. The van der Waals surface area contributed by atoms with E-state index in [1.165, 1.54) is 75.8 Å². The Morgan fingerprint density at radius 3 is 1.87 bits per heavy atom. The van der Waals surface area contributed by atoms with E-state index in [4.69, 9.17) is 0 Å². The second kappa shape index (κ2) is 8.55. The van der Waals surface area contributed by atoms with Crippen molar-refractivity contribution in [2.75, 3.05) is 0 Å². The first kappa shape index (κ1) is 21.6. The predicted octanol–water partition coefficient (Wildman–Crippen LogP) is 10.6. The fourth-order valence-electron chi connectivity index (χ4n) is 6.01. The van der Waals surface area contributed by atoms with Crippen LogP contribution in [0.3, 0.4) is 0 Å². The highest BCUT2D eigenvalue weighted by Gasteiger charge is 2.20. The number of hydrogen-bond acceptors (Lipinski definition) is 1. The molecule has 1 heterocycles. The van der Waals surface area contributed by atoms with Crippen molar-refractivity contribution in [3.8, 4) is 44.5 Å². The molecule has 0 spiro atoms. The first-order chi connectivity index (χ1) is 18.8. The monoisotopic (exact) mass is 500 g/mol. The smallest absolute Gasteiger partial charge is 0.0434 e. The van der Waals surface area contributed by atoms with E-state index in [2.05, 4.69) is 133 Å². The van der Waals surface area contributed by atoms with Gasteiger partial charge in [-0.25, -0.2) is 0 Å². The van der Waals surface area contributed by atoms with Crippen molar-refractivity contribution in [3.05, 3.63) is 145 Å². The summed E-state index contributed by atoms with van der Waals surface area (Å²) in [5.74, 6) is 0. The maximum absolute atomic E-state index is 2.43. The molecule has 8 rings (SSSR count). The highest BCUT2D eigenvalue weighted by molar-refractivity contribution is 7.26. The molecule has 0 amide bonds. The van der Waals surface area contributed by atoms with Crippen LogP contribution in [0.15, 0.2) is 133 Å². The highest BCUT2D eigenvalue weighted by Crippen LogP contribution is 2.45. The largest absolute Gasteiger partial charge is 0.135 e. The zero-order valence-electron chi connectivity index (χ0n) is 20.8. The molecule has 1 aliphatic carbocycles. The van der Waals surface area contributed by atoms with Gasteiger partial charge in [-0.15, -0.1) is 11.3 Å². The molecule has 0 saturated carbocycles. The summed E-state index contributed by atoms with van der Waals surface area (Å²) in [7, 11) is 0.